The van der Waals surface area contributed by atoms with Gasteiger partial charge in [0.2, 0.25) is 10.0 Å². The van der Waals surface area contributed by atoms with Crippen molar-refractivity contribution >= 4 is 15.7 Å². The van der Waals surface area contributed by atoms with E-state index in [9.17, 15) is 8.42 Å². The average molecular weight is 289 g/mol. The van der Waals surface area contributed by atoms with E-state index in [2.05, 4.69) is 4.98 Å². The Morgan fingerprint density at radius 3 is 2.65 bits per heavy atom. The molecule has 0 aliphatic carbocycles. The normalized spacial score (nSPS) is 15.8. The topological polar surface area (TPSA) is 76.3 Å². The molecule has 0 radical (unpaired) electrons. The highest BCUT2D eigenvalue weighted by Gasteiger charge is 2.28. The van der Waals surface area contributed by atoms with Gasteiger partial charge in [0, 0.05) is 25.5 Å². The summed E-state index contributed by atoms with van der Waals surface area (Å²) < 4.78 is 26.6. The van der Waals surface area contributed by atoms with Gasteiger partial charge < -0.3 is 5.73 Å². The molecule has 0 fully saturated rings. The summed E-state index contributed by atoms with van der Waals surface area (Å²) in [6.07, 6.45) is 3.50. The minimum atomic E-state index is -3.54. The largest absolute Gasteiger partial charge is 0.397 e. The van der Waals surface area contributed by atoms with Gasteiger partial charge in [0.05, 0.1) is 5.69 Å². The van der Waals surface area contributed by atoms with Crippen molar-refractivity contribution in [2.45, 2.75) is 17.9 Å². The fraction of sp³-hybridized carbons (Fsp3) is 0.214. The van der Waals surface area contributed by atoms with Gasteiger partial charge in [0.25, 0.3) is 0 Å². The molecule has 0 unspecified atom stereocenters. The Hall–Kier alpha value is -1.92. The number of hydrogen-bond donors (Lipinski definition) is 1. The molecule has 1 aromatic heterocycles. The molecule has 2 aromatic rings. The van der Waals surface area contributed by atoms with Crippen LogP contribution in [0.3, 0.4) is 0 Å². The van der Waals surface area contributed by atoms with E-state index in [1.54, 1.807) is 0 Å². The summed E-state index contributed by atoms with van der Waals surface area (Å²) in [4.78, 5) is 4.01. The summed E-state index contributed by atoms with van der Waals surface area (Å²) in [5, 5.41) is 0. The second kappa shape index (κ2) is 4.88. The molecule has 1 aliphatic heterocycles. The van der Waals surface area contributed by atoms with Gasteiger partial charge in [-0.25, -0.2) is 8.42 Å². The molecular weight excluding hydrogens is 274 g/mol. The molecule has 6 heteroatoms. The first-order chi connectivity index (χ1) is 9.57. The maximum atomic E-state index is 12.6. The molecule has 0 spiro atoms. The Bertz CT molecular complexity index is 744. The molecule has 5 nitrogen and oxygen atoms in total. The lowest BCUT2D eigenvalue weighted by molar-refractivity contribution is 0.391. The third-order valence-electron chi connectivity index (χ3n) is 3.47. The number of nitrogens with two attached hydrogens (primary N) is 1. The highest BCUT2D eigenvalue weighted by atomic mass is 32.2. The first-order valence-corrected chi connectivity index (χ1v) is 7.79. The average Bonchev–Trinajstić information content (AvgIpc) is 2.46. The number of benzene rings is 1. The Balaban J connectivity index is 1.94. The van der Waals surface area contributed by atoms with Gasteiger partial charge >= 0.3 is 0 Å². The molecule has 1 aliphatic rings. The van der Waals surface area contributed by atoms with Crippen molar-refractivity contribution in [1.82, 2.24) is 9.29 Å². The van der Waals surface area contributed by atoms with Crippen molar-refractivity contribution in [3.63, 3.8) is 0 Å². The van der Waals surface area contributed by atoms with Crippen molar-refractivity contribution < 1.29 is 8.42 Å². The van der Waals surface area contributed by atoms with Crippen LogP contribution in [-0.4, -0.2) is 24.3 Å². The third-order valence-corrected chi connectivity index (χ3v) is 5.28. The van der Waals surface area contributed by atoms with Crippen LogP contribution in [0.1, 0.15) is 11.1 Å². The first-order valence-electron chi connectivity index (χ1n) is 6.35. The number of pyridine rings is 1. The fourth-order valence-electron chi connectivity index (χ4n) is 2.40. The number of fused-ring (bicyclic) bond motifs is 1. The number of sulfonamides is 1. The van der Waals surface area contributed by atoms with Gasteiger partial charge in [-0.3, -0.25) is 4.98 Å². The standard InChI is InChI=1S/C14H15N3O2S/c15-13-7-14(9-16-8-13)20(18,19)17-6-5-11-3-1-2-4-12(11)10-17/h1-4,7-9H,5-6,10,15H2. The van der Waals surface area contributed by atoms with Crippen LogP contribution >= 0.6 is 0 Å². The van der Waals surface area contributed by atoms with Crippen LogP contribution in [0, 0.1) is 0 Å². The Morgan fingerprint density at radius 1 is 1.15 bits per heavy atom. The van der Waals surface area contributed by atoms with E-state index in [1.165, 1.54) is 28.3 Å². The van der Waals surface area contributed by atoms with E-state index < -0.39 is 10.0 Å². The maximum absolute atomic E-state index is 12.6. The van der Waals surface area contributed by atoms with Crippen LogP contribution in [0.25, 0.3) is 0 Å². The lowest BCUT2D eigenvalue weighted by atomic mass is 10.0. The Morgan fingerprint density at radius 2 is 1.90 bits per heavy atom. The Labute approximate surface area is 118 Å². The molecule has 0 saturated carbocycles. The van der Waals surface area contributed by atoms with E-state index >= 15 is 0 Å². The zero-order valence-electron chi connectivity index (χ0n) is 10.9. The number of nitrogen functional groups attached to an aromatic ring is 1. The van der Waals surface area contributed by atoms with E-state index in [4.69, 9.17) is 5.73 Å². The molecule has 0 atom stereocenters. The molecule has 0 saturated heterocycles. The van der Waals surface area contributed by atoms with Crippen molar-refractivity contribution in [2.75, 3.05) is 12.3 Å². The monoisotopic (exact) mass is 289 g/mol. The number of anilines is 1. The zero-order valence-corrected chi connectivity index (χ0v) is 11.7. The highest BCUT2D eigenvalue weighted by Crippen LogP contribution is 2.25. The molecule has 3 rings (SSSR count). The lowest BCUT2D eigenvalue weighted by Crippen LogP contribution is -2.36. The van der Waals surface area contributed by atoms with Crippen LogP contribution in [0.5, 0.6) is 0 Å². The molecule has 104 valence electrons. The highest BCUT2D eigenvalue weighted by molar-refractivity contribution is 7.89. The molecule has 1 aromatic carbocycles. The van der Waals surface area contributed by atoms with Crippen molar-refractivity contribution in [1.29, 1.82) is 0 Å². The van der Waals surface area contributed by atoms with Crippen molar-refractivity contribution in [3.8, 4) is 0 Å². The summed E-state index contributed by atoms with van der Waals surface area (Å²) in [7, 11) is -3.54. The van der Waals surface area contributed by atoms with Crippen LogP contribution in [0.15, 0.2) is 47.6 Å². The second-order valence-electron chi connectivity index (χ2n) is 4.81. The summed E-state index contributed by atoms with van der Waals surface area (Å²) in [5.74, 6) is 0. The SMILES string of the molecule is Nc1cncc(S(=O)(=O)N2CCc3ccccc3C2)c1. The zero-order chi connectivity index (χ0) is 14.2. The smallest absolute Gasteiger partial charge is 0.244 e. The van der Waals surface area contributed by atoms with Gasteiger partial charge in [0.15, 0.2) is 0 Å². The predicted molar refractivity (Wildman–Crippen MR) is 76.4 cm³/mol. The summed E-state index contributed by atoms with van der Waals surface area (Å²) >= 11 is 0. The second-order valence-corrected chi connectivity index (χ2v) is 6.75. The summed E-state index contributed by atoms with van der Waals surface area (Å²) in [6, 6.07) is 9.36. The van der Waals surface area contributed by atoms with E-state index in [0.29, 0.717) is 18.8 Å². The quantitative estimate of drug-likeness (QED) is 0.907. The predicted octanol–water partition coefficient (Wildman–Crippen LogP) is 1.41. The van der Waals surface area contributed by atoms with Crippen LogP contribution in [0.4, 0.5) is 5.69 Å². The summed E-state index contributed by atoms with van der Waals surface area (Å²) in [6.45, 7) is 0.876. The van der Waals surface area contributed by atoms with E-state index in [0.717, 1.165) is 12.0 Å². The van der Waals surface area contributed by atoms with Gasteiger partial charge in [-0.2, -0.15) is 4.31 Å². The fourth-order valence-corrected chi connectivity index (χ4v) is 3.82. The van der Waals surface area contributed by atoms with Gasteiger partial charge in [0.1, 0.15) is 4.90 Å². The van der Waals surface area contributed by atoms with Crippen LogP contribution in [-0.2, 0) is 23.0 Å². The van der Waals surface area contributed by atoms with Crippen LogP contribution in [0.2, 0.25) is 0 Å². The van der Waals surface area contributed by atoms with E-state index in [1.807, 2.05) is 24.3 Å². The number of nitrogens with zero attached hydrogens (tertiary/aromatic N) is 2. The summed E-state index contributed by atoms with van der Waals surface area (Å²) in [5.41, 5.74) is 8.23. The molecule has 2 heterocycles. The van der Waals surface area contributed by atoms with Crippen LogP contribution < -0.4 is 5.73 Å². The molecule has 0 bridgehead atoms. The maximum Gasteiger partial charge on any atom is 0.244 e. The molecular formula is C14H15N3O2S. The number of aromatic nitrogens is 1. The van der Waals surface area contributed by atoms with Crippen molar-refractivity contribution in [3.05, 3.63) is 53.9 Å². The van der Waals surface area contributed by atoms with Gasteiger partial charge in [-0.1, -0.05) is 24.3 Å². The minimum absolute atomic E-state index is 0.150. The third kappa shape index (κ3) is 2.28. The lowest BCUT2D eigenvalue weighted by Gasteiger charge is -2.28. The minimum Gasteiger partial charge on any atom is -0.397 e. The van der Waals surface area contributed by atoms with Crippen molar-refractivity contribution in [2.24, 2.45) is 0 Å². The number of rotatable bonds is 2. The molecule has 20 heavy (non-hydrogen) atoms. The van der Waals surface area contributed by atoms with Gasteiger partial charge in [-0.05, 0) is 23.6 Å². The molecule has 0 amide bonds. The van der Waals surface area contributed by atoms with E-state index in [-0.39, 0.29) is 4.90 Å². The molecule has 2 N–H and O–H groups in total. The van der Waals surface area contributed by atoms with Gasteiger partial charge in [-0.15, -0.1) is 0 Å². The first kappa shape index (κ1) is 13.1. The Kier molecular flexibility index (Phi) is 3.19. The number of hydrogen-bond acceptors (Lipinski definition) is 4.